The van der Waals surface area contributed by atoms with Gasteiger partial charge in [-0.15, -0.1) is 6.58 Å². The number of likely N-dealkylation sites (tertiary alicyclic amines) is 1. The first kappa shape index (κ1) is 14.3. The van der Waals surface area contributed by atoms with Gasteiger partial charge in [-0.25, -0.2) is 4.79 Å². The molecule has 0 aromatic rings. The van der Waals surface area contributed by atoms with Crippen LogP contribution >= 0.6 is 0 Å². The summed E-state index contributed by atoms with van der Waals surface area (Å²) < 4.78 is 11.4. The Morgan fingerprint density at radius 2 is 2.21 bits per heavy atom. The van der Waals surface area contributed by atoms with E-state index in [0.717, 1.165) is 19.4 Å². The number of nitrogens with one attached hydrogen (secondary N) is 1. The molecule has 1 N–H and O–H groups in total. The van der Waals surface area contributed by atoms with Crippen LogP contribution in [0.1, 0.15) is 26.7 Å². The average Bonchev–Trinajstić information content (AvgIpc) is 2.87. The summed E-state index contributed by atoms with van der Waals surface area (Å²) in [5.74, 6) is -0.281. The van der Waals surface area contributed by atoms with Crippen molar-refractivity contribution in [3.63, 3.8) is 0 Å². The van der Waals surface area contributed by atoms with Crippen LogP contribution in [0.3, 0.4) is 0 Å². The maximum absolute atomic E-state index is 12.1. The van der Waals surface area contributed by atoms with Crippen LogP contribution in [0.25, 0.3) is 0 Å². The molecule has 5 nitrogen and oxygen atoms in total. The molecular weight excluding hydrogens is 244 g/mol. The number of hydrogen-bond acceptors (Lipinski definition) is 3. The number of urea groups is 1. The lowest BCUT2D eigenvalue weighted by Gasteiger charge is -2.40. The van der Waals surface area contributed by atoms with Crippen molar-refractivity contribution in [3.8, 4) is 0 Å². The molecule has 2 amide bonds. The summed E-state index contributed by atoms with van der Waals surface area (Å²) >= 11 is 0. The van der Waals surface area contributed by atoms with Gasteiger partial charge in [0.1, 0.15) is 0 Å². The Morgan fingerprint density at radius 1 is 1.53 bits per heavy atom. The van der Waals surface area contributed by atoms with Crippen molar-refractivity contribution in [1.29, 1.82) is 0 Å². The van der Waals surface area contributed by atoms with Gasteiger partial charge >= 0.3 is 6.03 Å². The SMILES string of the molecule is C=C[C@H](C)NC(=O)N1CCC[C@H](C2(C)OCCO2)C1. The largest absolute Gasteiger partial charge is 0.347 e. The number of carbonyl (C=O) groups is 1. The predicted octanol–water partition coefficient (Wildman–Crippen LogP) is 1.75. The van der Waals surface area contributed by atoms with Crippen molar-refractivity contribution in [2.75, 3.05) is 26.3 Å². The van der Waals surface area contributed by atoms with E-state index in [0.29, 0.717) is 19.8 Å². The number of piperidine rings is 1. The van der Waals surface area contributed by atoms with E-state index < -0.39 is 5.79 Å². The molecule has 0 aliphatic carbocycles. The highest BCUT2D eigenvalue weighted by molar-refractivity contribution is 5.74. The van der Waals surface area contributed by atoms with Gasteiger partial charge in [0, 0.05) is 25.0 Å². The van der Waals surface area contributed by atoms with Crippen molar-refractivity contribution in [3.05, 3.63) is 12.7 Å². The Balaban J connectivity index is 1.93. The van der Waals surface area contributed by atoms with Gasteiger partial charge in [0.25, 0.3) is 0 Å². The van der Waals surface area contributed by atoms with Gasteiger partial charge in [-0.05, 0) is 26.7 Å². The summed E-state index contributed by atoms with van der Waals surface area (Å²) in [6.07, 6.45) is 3.75. The molecule has 2 saturated heterocycles. The van der Waals surface area contributed by atoms with E-state index in [1.54, 1.807) is 6.08 Å². The topological polar surface area (TPSA) is 50.8 Å². The highest BCUT2D eigenvalue weighted by Gasteiger charge is 2.42. The molecule has 0 spiro atoms. The van der Waals surface area contributed by atoms with Crippen LogP contribution in [0.15, 0.2) is 12.7 Å². The van der Waals surface area contributed by atoms with Crippen LogP contribution in [0.4, 0.5) is 4.79 Å². The number of hydrogen-bond donors (Lipinski definition) is 1. The highest BCUT2D eigenvalue weighted by Crippen LogP contribution is 2.33. The second-order valence-electron chi connectivity index (χ2n) is 5.47. The smallest absolute Gasteiger partial charge is 0.317 e. The molecule has 2 heterocycles. The fraction of sp³-hybridized carbons (Fsp3) is 0.786. The Labute approximate surface area is 114 Å². The Hall–Kier alpha value is -1.07. The number of rotatable bonds is 3. The molecule has 19 heavy (non-hydrogen) atoms. The molecule has 0 unspecified atom stereocenters. The predicted molar refractivity (Wildman–Crippen MR) is 72.8 cm³/mol. The van der Waals surface area contributed by atoms with Crippen molar-refractivity contribution in [2.45, 2.75) is 38.5 Å². The van der Waals surface area contributed by atoms with Crippen LogP contribution in [0.5, 0.6) is 0 Å². The lowest BCUT2D eigenvalue weighted by Crippen LogP contribution is -2.52. The molecule has 108 valence electrons. The van der Waals surface area contributed by atoms with E-state index in [9.17, 15) is 4.79 Å². The van der Waals surface area contributed by atoms with Gasteiger partial charge in [-0.1, -0.05) is 6.08 Å². The van der Waals surface area contributed by atoms with Gasteiger partial charge in [-0.2, -0.15) is 0 Å². The van der Waals surface area contributed by atoms with Crippen LogP contribution in [-0.2, 0) is 9.47 Å². The summed E-state index contributed by atoms with van der Waals surface area (Å²) in [5.41, 5.74) is 0. The Kier molecular flexibility index (Phi) is 4.47. The molecule has 2 aliphatic heterocycles. The van der Waals surface area contributed by atoms with E-state index in [-0.39, 0.29) is 18.0 Å². The van der Waals surface area contributed by atoms with Crippen molar-refractivity contribution in [1.82, 2.24) is 10.2 Å². The van der Waals surface area contributed by atoms with E-state index in [4.69, 9.17) is 9.47 Å². The first-order valence-electron chi connectivity index (χ1n) is 7.01. The number of amides is 2. The molecule has 0 aromatic carbocycles. The lowest BCUT2D eigenvalue weighted by atomic mass is 9.90. The summed E-state index contributed by atoms with van der Waals surface area (Å²) in [4.78, 5) is 14.0. The maximum Gasteiger partial charge on any atom is 0.317 e. The number of carbonyl (C=O) groups excluding carboxylic acids is 1. The zero-order valence-corrected chi connectivity index (χ0v) is 11.9. The molecule has 5 heteroatoms. The molecule has 0 radical (unpaired) electrons. The second kappa shape index (κ2) is 5.92. The molecule has 2 fully saturated rings. The molecule has 2 rings (SSSR count). The van der Waals surface area contributed by atoms with E-state index in [1.165, 1.54) is 0 Å². The summed E-state index contributed by atoms with van der Waals surface area (Å²) in [6, 6.07) is -0.0406. The maximum atomic E-state index is 12.1. The molecule has 0 bridgehead atoms. The summed E-state index contributed by atoms with van der Waals surface area (Å²) in [6.45, 7) is 10.3. The number of nitrogens with zero attached hydrogens (tertiary/aromatic N) is 1. The third-order valence-electron chi connectivity index (χ3n) is 4.02. The van der Waals surface area contributed by atoms with Crippen LogP contribution in [-0.4, -0.2) is 49.1 Å². The number of ether oxygens (including phenoxy) is 2. The summed E-state index contributed by atoms with van der Waals surface area (Å²) in [7, 11) is 0. The molecule has 2 atom stereocenters. The Morgan fingerprint density at radius 3 is 2.84 bits per heavy atom. The quantitative estimate of drug-likeness (QED) is 0.793. The van der Waals surface area contributed by atoms with Crippen molar-refractivity contribution < 1.29 is 14.3 Å². The average molecular weight is 268 g/mol. The Bertz CT molecular complexity index is 340. The van der Waals surface area contributed by atoms with Crippen molar-refractivity contribution >= 4 is 6.03 Å². The second-order valence-corrected chi connectivity index (χ2v) is 5.47. The normalized spacial score (nSPS) is 27.9. The van der Waals surface area contributed by atoms with Gasteiger partial charge < -0.3 is 19.7 Å². The third-order valence-corrected chi connectivity index (χ3v) is 4.02. The first-order chi connectivity index (χ1) is 9.05. The standard InChI is InChI=1S/C14H24N2O3/c1-4-11(2)15-13(17)16-7-5-6-12(10-16)14(3)18-8-9-19-14/h4,11-12H,1,5-10H2,2-3H3,(H,15,17)/t11-,12-/m0/s1. The molecule has 0 saturated carbocycles. The van der Waals surface area contributed by atoms with Crippen LogP contribution in [0, 0.1) is 5.92 Å². The molecule has 2 aliphatic rings. The zero-order valence-electron chi connectivity index (χ0n) is 11.9. The minimum Gasteiger partial charge on any atom is -0.347 e. The van der Waals surface area contributed by atoms with Crippen LogP contribution in [0.2, 0.25) is 0 Å². The first-order valence-corrected chi connectivity index (χ1v) is 7.01. The van der Waals surface area contributed by atoms with Crippen molar-refractivity contribution in [2.24, 2.45) is 5.92 Å². The van der Waals surface area contributed by atoms with E-state index >= 15 is 0 Å². The van der Waals surface area contributed by atoms with Gasteiger partial charge in [-0.3, -0.25) is 0 Å². The minimum atomic E-state index is -0.525. The monoisotopic (exact) mass is 268 g/mol. The fourth-order valence-electron chi connectivity index (χ4n) is 2.70. The van der Waals surface area contributed by atoms with Gasteiger partial charge in [0.2, 0.25) is 0 Å². The van der Waals surface area contributed by atoms with Crippen LogP contribution < -0.4 is 5.32 Å². The fourth-order valence-corrected chi connectivity index (χ4v) is 2.70. The highest BCUT2D eigenvalue weighted by atomic mass is 16.7. The zero-order chi connectivity index (χ0) is 13.9. The molecular formula is C14H24N2O3. The lowest BCUT2D eigenvalue weighted by molar-refractivity contribution is -0.189. The molecule has 0 aromatic heterocycles. The van der Waals surface area contributed by atoms with E-state index in [2.05, 4.69) is 11.9 Å². The minimum absolute atomic E-state index is 0.0116. The summed E-state index contributed by atoms with van der Waals surface area (Å²) in [5, 5.41) is 2.91. The van der Waals surface area contributed by atoms with Gasteiger partial charge in [0.05, 0.1) is 13.2 Å². The van der Waals surface area contributed by atoms with Gasteiger partial charge in [0.15, 0.2) is 5.79 Å². The van der Waals surface area contributed by atoms with E-state index in [1.807, 2.05) is 18.7 Å². The third kappa shape index (κ3) is 3.28.